The molecule has 0 N–H and O–H groups in total. The van der Waals surface area contributed by atoms with Crippen LogP contribution in [0, 0.1) is 5.92 Å². The van der Waals surface area contributed by atoms with Gasteiger partial charge in [-0.15, -0.1) is 0 Å². The third kappa shape index (κ3) is 2.05. The molecule has 17 heavy (non-hydrogen) atoms. The number of rotatable bonds is 3. The van der Waals surface area contributed by atoms with Crippen LogP contribution in [-0.2, 0) is 13.5 Å². The first-order valence-electron chi connectivity index (χ1n) is 5.72. The van der Waals surface area contributed by atoms with Crippen LogP contribution in [0.3, 0.4) is 0 Å². The van der Waals surface area contributed by atoms with E-state index in [2.05, 4.69) is 15.1 Å². The standard InChI is InChI=1S/C12H13ClN4/c1-17-11(4-8-2-3-8)9(5-16-17)12-10(13)6-14-7-15-12/h5-8H,2-4H2,1H3. The zero-order valence-corrected chi connectivity index (χ0v) is 10.4. The maximum atomic E-state index is 6.13. The molecular formula is C12H13ClN4. The summed E-state index contributed by atoms with van der Waals surface area (Å²) in [5.41, 5.74) is 3.03. The molecule has 3 rings (SSSR count). The van der Waals surface area contributed by atoms with Gasteiger partial charge in [-0.05, 0) is 25.2 Å². The van der Waals surface area contributed by atoms with Crippen LogP contribution in [0.25, 0.3) is 11.3 Å². The molecule has 0 saturated heterocycles. The molecular weight excluding hydrogens is 236 g/mol. The molecule has 5 heteroatoms. The van der Waals surface area contributed by atoms with Gasteiger partial charge in [-0.25, -0.2) is 9.97 Å². The summed E-state index contributed by atoms with van der Waals surface area (Å²) in [6.07, 6.45) is 8.69. The van der Waals surface area contributed by atoms with Crippen LogP contribution in [0.4, 0.5) is 0 Å². The van der Waals surface area contributed by atoms with Gasteiger partial charge in [0.25, 0.3) is 0 Å². The molecule has 4 nitrogen and oxygen atoms in total. The topological polar surface area (TPSA) is 43.6 Å². The molecule has 1 aliphatic rings. The summed E-state index contributed by atoms with van der Waals surface area (Å²) in [4.78, 5) is 8.16. The van der Waals surface area contributed by atoms with Gasteiger partial charge in [0.05, 0.1) is 16.9 Å². The summed E-state index contributed by atoms with van der Waals surface area (Å²) in [6, 6.07) is 0. The van der Waals surface area contributed by atoms with Gasteiger partial charge in [0.15, 0.2) is 0 Å². The Morgan fingerprint density at radius 2 is 2.24 bits per heavy atom. The first kappa shape index (κ1) is 10.7. The Bertz CT molecular complexity index is 545. The highest BCUT2D eigenvalue weighted by molar-refractivity contribution is 6.32. The molecule has 88 valence electrons. The minimum Gasteiger partial charge on any atom is -0.272 e. The molecule has 0 amide bonds. The van der Waals surface area contributed by atoms with Gasteiger partial charge >= 0.3 is 0 Å². The van der Waals surface area contributed by atoms with Gasteiger partial charge in [-0.2, -0.15) is 5.10 Å². The second-order valence-electron chi connectivity index (χ2n) is 4.50. The van der Waals surface area contributed by atoms with Crippen molar-refractivity contribution in [1.82, 2.24) is 19.7 Å². The van der Waals surface area contributed by atoms with Gasteiger partial charge in [0, 0.05) is 24.5 Å². The Kier molecular flexibility index (Phi) is 2.59. The molecule has 1 fully saturated rings. The van der Waals surface area contributed by atoms with Crippen molar-refractivity contribution in [2.75, 3.05) is 0 Å². The van der Waals surface area contributed by atoms with Gasteiger partial charge in [0.1, 0.15) is 6.33 Å². The van der Waals surface area contributed by atoms with Crippen molar-refractivity contribution in [2.24, 2.45) is 13.0 Å². The van der Waals surface area contributed by atoms with E-state index >= 15 is 0 Å². The van der Waals surface area contributed by atoms with E-state index in [1.165, 1.54) is 24.9 Å². The fraction of sp³-hybridized carbons (Fsp3) is 0.417. The molecule has 0 spiro atoms. The van der Waals surface area contributed by atoms with Crippen molar-refractivity contribution in [3.8, 4) is 11.3 Å². The maximum absolute atomic E-state index is 6.13. The van der Waals surface area contributed by atoms with E-state index in [1.807, 2.05) is 17.9 Å². The van der Waals surface area contributed by atoms with Gasteiger partial charge in [-0.1, -0.05) is 11.6 Å². The smallest absolute Gasteiger partial charge is 0.116 e. The summed E-state index contributed by atoms with van der Waals surface area (Å²) in [5.74, 6) is 0.810. The van der Waals surface area contributed by atoms with Crippen LogP contribution in [0.15, 0.2) is 18.7 Å². The van der Waals surface area contributed by atoms with Gasteiger partial charge < -0.3 is 0 Å². The summed E-state index contributed by atoms with van der Waals surface area (Å²) in [6.45, 7) is 0. The number of aryl methyl sites for hydroxylation is 1. The van der Waals surface area contributed by atoms with E-state index < -0.39 is 0 Å². The summed E-state index contributed by atoms with van der Waals surface area (Å²) >= 11 is 6.13. The monoisotopic (exact) mass is 248 g/mol. The summed E-state index contributed by atoms with van der Waals surface area (Å²) in [7, 11) is 1.97. The molecule has 0 aliphatic heterocycles. The fourth-order valence-corrected chi connectivity index (χ4v) is 2.22. The lowest BCUT2D eigenvalue weighted by Crippen LogP contribution is -2.01. The molecule has 0 atom stereocenters. The van der Waals surface area contributed by atoms with Crippen molar-refractivity contribution in [2.45, 2.75) is 19.3 Å². The number of nitrogens with zero attached hydrogens (tertiary/aromatic N) is 4. The molecule has 2 heterocycles. The van der Waals surface area contributed by atoms with Crippen LogP contribution in [-0.4, -0.2) is 19.7 Å². The molecule has 1 saturated carbocycles. The van der Waals surface area contributed by atoms with Crippen LogP contribution >= 0.6 is 11.6 Å². The molecule has 2 aromatic heterocycles. The third-order valence-corrected chi connectivity index (χ3v) is 3.44. The zero-order valence-electron chi connectivity index (χ0n) is 9.60. The average molecular weight is 249 g/mol. The van der Waals surface area contributed by atoms with Crippen molar-refractivity contribution in [1.29, 1.82) is 0 Å². The lowest BCUT2D eigenvalue weighted by atomic mass is 10.1. The molecule has 0 radical (unpaired) electrons. The number of hydrogen-bond acceptors (Lipinski definition) is 3. The number of hydrogen-bond donors (Lipinski definition) is 0. The van der Waals surface area contributed by atoms with E-state index in [1.54, 1.807) is 6.20 Å². The molecule has 0 aromatic carbocycles. The SMILES string of the molecule is Cn1ncc(-c2ncncc2Cl)c1CC1CC1. The molecule has 1 aliphatic carbocycles. The van der Waals surface area contributed by atoms with E-state index in [-0.39, 0.29) is 0 Å². The minimum absolute atomic E-state index is 0.581. The lowest BCUT2D eigenvalue weighted by molar-refractivity contribution is 0.677. The largest absolute Gasteiger partial charge is 0.272 e. The Morgan fingerprint density at radius 1 is 1.41 bits per heavy atom. The fourth-order valence-electron chi connectivity index (χ4n) is 2.01. The predicted octanol–water partition coefficient (Wildman–Crippen LogP) is 2.48. The number of halogens is 1. The van der Waals surface area contributed by atoms with Crippen molar-refractivity contribution in [3.05, 3.63) is 29.4 Å². The zero-order chi connectivity index (χ0) is 11.8. The second kappa shape index (κ2) is 4.11. The number of aromatic nitrogens is 4. The van der Waals surface area contributed by atoms with Crippen molar-refractivity contribution >= 4 is 11.6 Å². The lowest BCUT2D eigenvalue weighted by Gasteiger charge is -2.05. The van der Waals surface area contributed by atoms with E-state index in [9.17, 15) is 0 Å². The van der Waals surface area contributed by atoms with Crippen LogP contribution < -0.4 is 0 Å². The second-order valence-corrected chi connectivity index (χ2v) is 4.90. The molecule has 0 bridgehead atoms. The Balaban J connectivity index is 2.04. The van der Waals surface area contributed by atoms with E-state index in [0.717, 1.165) is 23.6 Å². The Labute approximate surface area is 105 Å². The molecule has 0 unspecified atom stereocenters. The Hall–Kier alpha value is -1.42. The highest BCUT2D eigenvalue weighted by atomic mass is 35.5. The minimum atomic E-state index is 0.581. The molecule has 2 aromatic rings. The highest BCUT2D eigenvalue weighted by Crippen LogP contribution is 2.36. The van der Waals surface area contributed by atoms with Gasteiger partial charge in [-0.3, -0.25) is 4.68 Å². The maximum Gasteiger partial charge on any atom is 0.116 e. The Morgan fingerprint density at radius 3 is 2.94 bits per heavy atom. The summed E-state index contributed by atoms with van der Waals surface area (Å²) < 4.78 is 1.92. The van der Waals surface area contributed by atoms with Crippen molar-refractivity contribution < 1.29 is 0 Å². The summed E-state index contributed by atoms with van der Waals surface area (Å²) in [5, 5.41) is 4.89. The van der Waals surface area contributed by atoms with E-state index in [0.29, 0.717) is 5.02 Å². The predicted molar refractivity (Wildman–Crippen MR) is 65.7 cm³/mol. The first-order chi connectivity index (χ1) is 8.25. The van der Waals surface area contributed by atoms with Crippen LogP contribution in [0.2, 0.25) is 5.02 Å². The quantitative estimate of drug-likeness (QED) is 0.838. The van der Waals surface area contributed by atoms with E-state index in [4.69, 9.17) is 11.6 Å². The van der Waals surface area contributed by atoms with Gasteiger partial charge in [0.2, 0.25) is 0 Å². The highest BCUT2D eigenvalue weighted by Gasteiger charge is 2.25. The third-order valence-electron chi connectivity index (χ3n) is 3.16. The first-order valence-corrected chi connectivity index (χ1v) is 6.10. The normalized spacial score (nSPS) is 15.2. The van der Waals surface area contributed by atoms with Crippen LogP contribution in [0.1, 0.15) is 18.5 Å². The average Bonchev–Trinajstić information content (AvgIpc) is 3.06. The van der Waals surface area contributed by atoms with Crippen molar-refractivity contribution in [3.63, 3.8) is 0 Å². The van der Waals surface area contributed by atoms with Crippen LogP contribution in [0.5, 0.6) is 0 Å².